The molecule has 0 aromatic heterocycles. The summed E-state index contributed by atoms with van der Waals surface area (Å²) in [7, 11) is 0. The molecule has 0 amide bonds. The Morgan fingerprint density at radius 1 is 0.795 bits per heavy atom. The minimum absolute atomic E-state index is 0.0359. The number of rotatable bonds is 5. The number of fused-ring (bicyclic) bond motifs is 2. The summed E-state index contributed by atoms with van der Waals surface area (Å²) in [4.78, 5) is 14.0. The van der Waals surface area contributed by atoms with E-state index in [0.29, 0.717) is 19.4 Å². The quantitative estimate of drug-likeness (QED) is 0.298. The van der Waals surface area contributed by atoms with Crippen LogP contribution in [0, 0.1) is 0 Å². The Morgan fingerprint density at radius 2 is 1.56 bits per heavy atom. The first-order valence-corrected chi connectivity index (χ1v) is 13.3. The van der Waals surface area contributed by atoms with E-state index in [1.807, 2.05) is 97.1 Å². The summed E-state index contributed by atoms with van der Waals surface area (Å²) >= 11 is 0. The summed E-state index contributed by atoms with van der Waals surface area (Å²) in [6.07, 6.45) is 1.13. The third-order valence-electron chi connectivity index (χ3n) is 7.64. The van der Waals surface area contributed by atoms with Crippen LogP contribution in [0.5, 0.6) is 17.2 Å². The van der Waals surface area contributed by atoms with E-state index < -0.39 is 0 Å². The van der Waals surface area contributed by atoms with Gasteiger partial charge in [-0.1, -0.05) is 66.7 Å². The van der Waals surface area contributed by atoms with Gasteiger partial charge in [0.25, 0.3) is 0 Å². The van der Waals surface area contributed by atoms with Gasteiger partial charge >= 0.3 is 0 Å². The molecule has 4 aromatic carbocycles. The fourth-order valence-electron chi connectivity index (χ4n) is 5.71. The van der Waals surface area contributed by atoms with Gasteiger partial charge in [0.2, 0.25) is 6.79 Å². The number of anilines is 2. The first kappa shape index (κ1) is 23.4. The standard InChI is InChI=1S/C33H28N2O4/c36-28-17-23(22-14-15-30-31(18-22)39-20-38-30)16-27-32(28)33(35-26-12-6-5-11-25(26)34-27)24-10-4-7-13-29(24)37-19-21-8-2-1-3-9-21/h1-15,18,23,33-35H,16-17,19-20H2/t23-,33-/m0/s1. The van der Waals surface area contributed by atoms with Crippen LogP contribution in [-0.4, -0.2) is 12.6 Å². The molecule has 194 valence electrons. The lowest BCUT2D eigenvalue weighted by Crippen LogP contribution is -2.27. The van der Waals surface area contributed by atoms with E-state index in [1.54, 1.807) is 0 Å². The van der Waals surface area contributed by atoms with Crippen LogP contribution in [0.4, 0.5) is 11.4 Å². The number of hydrogen-bond acceptors (Lipinski definition) is 6. The largest absolute Gasteiger partial charge is 0.489 e. The molecule has 0 bridgehead atoms. The smallest absolute Gasteiger partial charge is 0.231 e. The van der Waals surface area contributed by atoms with E-state index in [2.05, 4.69) is 10.6 Å². The van der Waals surface area contributed by atoms with Gasteiger partial charge in [-0.25, -0.2) is 0 Å². The Kier molecular flexibility index (Phi) is 5.93. The lowest BCUT2D eigenvalue weighted by molar-refractivity contribution is -0.116. The van der Waals surface area contributed by atoms with Crippen molar-refractivity contribution in [1.82, 2.24) is 0 Å². The number of hydrogen-bond donors (Lipinski definition) is 2. The van der Waals surface area contributed by atoms with Gasteiger partial charge in [-0.15, -0.1) is 0 Å². The SMILES string of the molecule is O=C1C[C@@H](c2ccc3c(c2)OCO3)CC2=C1[C@H](c1ccccc1OCc1ccccc1)Nc1ccccc1N2. The predicted molar refractivity (Wildman–Crippen MR) is 150 cm³/mol. The molecule has 2 aliphatic heterocycles. The third-order valence-corrected chi connectivity index (χ3v) is 7.64. The minimum atomic E-state index is -0.353. The number of nitrogens with one attached hydrogen (secondary N) is 2. The van der Waals surface area contributed by atoms with Crippen LogP contribution in [0.2, 0.25) is 0 Å². The second kappa shape index (κ2) is 9.87. The zero-order valence-corrected chi connectivity index (χ0v) is 21.4. The maximum atomic E-state index is 14.0. The molecule has 0 unspecified atom stereocenters. The normalized spacial score (nSPS) is 19.3. The van der Waals surface area contributed by atoms with Crippen LogP contribution < -0.4 is 24.8 Å². The number of benzene rings is 4. The van der Waals surface area contributed by atoms with Crippen molar-refractivity contribution in [3.05, 3.63) is 125 Å². The number of allylic oxidation sites excluding steroid dienone is 1. The molecule has 0 radical (unpaired) electrons. The molecule has 4 aromatic rings. The second-order valence-corrected chi connectivity index (χ2v) is 10.1. The van der Waals surface area contributed by atoms with Crippen molar-refractivity contribution in [2.45, 2.75) is 31.4 Å². The van der Waals surface area contributed by atoms with Crippen LogP contribution in [0.15, 0.2) is 108 Å². The molecule has 3 aliphatic rings. The summed E-state index contributed by atoms with van der Waals surface area (Å²) < 4.78 is 17.4. The van der Waals surface area contributed by atoms with Crippen LogP contribution in [0.25, 0.3) is 0 Å². The molecule has 39 heavy (non-hydrogen) atoms. The second-order valence-electron chi connectivity index (χ2n) is 10.1. The molecule has 2 heterocycles. The highest BCUT2D eigenvalue weighted by Gasteiger charge is 2.37. The lowest BCUT2D eigenvalue weighted by Gasteiger charge is -2.30. The van der Waals surface area contributed by atoms with Gasteiger partial charge in [-0.05, 0) is 53.8 Å². The highest BCUT2D eigenvalue weighted by molar-refractivity contribution is 6.01. The van der Waals surface area contributed by atoms with Gasteiger partial charge in [0.15, 0.2) is 17.3 Å². The molecular weight excluding hydrogens is 488 g/mol. The number of ether oxygens (including phenoxy) is 3. The maximum absolute atomic E-state index is 14.0. The van der Waals surface area contributed by atoms with Gasteiger partial charge < -0.3 is 24.8 Å². The molecule has 0 fully saturated rings. The van der Waals surface area contributed by atoms with Crippen molar-refractivity contribution in [2.24, 2.45) is 0 Å². The zero-order valence-electron chi connectivity index (χ0n) is 21.4. The van der Waals surface area contributed by atoms with Gasteiger partial charge in [-0.3, -0.25) is 4.79 Å². The Balaban J connectivity index is 1.27. The first-order chi connectivity index (χ1) is 19.2. The first-order valence-electron chi connectivity index (χ1n) is 13.3. The maximum Gasteiger partial charge on any atom is 0.231 e. The fraction of sp³-hybridized carbons (Fsp3) is 0.182. The monoisotopic (exact) mass is 516 g/mol. The van der Waals surface area contributed by atoms with Crippen LogP contribution >= 0.6 is 0 Å². The summed E-state index contributed by atoms with van der Waals surface area (Å²) in [6.45, 7) is 0.681. The Hall–Kier alpha value is -4.71. The number of carbonyl (C=O) groups is 1. The Morgan fingerprint density at radius 3 is 2.46 bits per heavy atom. The molecule has 1 aliphatic carbocycles. The van der Waals surface area contributed by atoms with Crippen LogP contribution in [0.3, 0.4) is 0 Å². The molecule has 0 spiro atoms. The molecule has 2 atom stereocenters. The van der Waals surface area contributed by atoms with Crippen LogP contribution in [0.1, 0.15) is 41.5 Å². The van der Waals surface area contributed by atoms with Gasteiger partial charge in [0.1, 0.15) is 12.4 Å². The molecule has 2 N–H and O–H groups in total. The number of carbonyl (C=O) groups excluding carboxylic acids is 1. The topological polar surface area (TPSA) is 68.8 Å². The predicted octanol–water partition coefficient (Wildman–Crippen LogP) is 6.97. The fourth-order valence-corrected chi connectivity index (χ4v) is 5.71. The molecule has 6 nitrogen and oxygen atoms in total. The average Bonchev–Trinajstić information content (AvgIpc) is 3.38. The summed E-state index contributed by atoms with van der Waals surface area (Å²) in [6, 6.07) is 31.9. The lowest BCUT2D eigenvalue weighted by atomic mass is 9.78. The number of Topliss-reactive ketones (excluding diaryl/α,β-unsaturated/α-hetero) is 1. The van der Waals surface area contributed by atoms with Crippen molar-refractivity contribution in [3.8, 4) is 17.2 Å². The van der Waals surface area contributed by atoms with E-state index >= 15 is 0 Å². The Labute approximate surface area is 227 Å². The van der Waals surface area contributed by atoms with E-state index in [0.717, 1.165) is 56.6 Å². The van der Waals surface area contributed by atoms with E-state index in [-0.39, 0.29) is 24.5 Å². The molecule has 7 rings (SSSR count). The number of ketones is 1. The molecule has 6 heteroatoms. The molecule has 0 saturated heterocycles. The molecular formula is C33H28N2O4. The van der Waals surface area contributed by atoms with Crippen LogP contribution in [-0.2, 0) is 11.4 Å². The minimum Gasteiger partial charge on any atom is -0.489 e. The Bertz CT molecular complexity index is 1580. The third kappa shape index (κ3) is 4.48. The van der Waals surface area contributed by atoms with E-state index in [4.69, 9.17) is 14.2 Å². The van der Waals surface area contributed by atoms with Crippen molar-refractivity contribution in [2.75, 3.05) is 17.4 Å². The zero-order chi connectivity index (χ0) is 26.2. The van der Waals surface area contributed by atoms with E-state index in [1.165, 1.54) is 0 Å². The van der Waals surface area contributed by atoms with Crippen molar-refractivity contribution in [1.29, 1.82) is 0 Å². The van der Waals surface area contributed by atoms with Crippen molar-refractivity contribution < 1.29 is 19.0 Å². The summed E-state index contributed by atoms with van der Waals surface area (Å²) in [5, 5.41) is 7.30. The summed E-state index contributed by atoms with van der Waals surface area (Å²) in [5.41, 5.74) is 6.71. The van der Waals surface area contributed by atoms with Crippen molar-refractivity contribution >= 4 is 17.2 Å². The summed E-state index contributed by atoms with van der Waals surface area (Å²) in [5.74, 6) is 2.40. The average molecular weight is 517 g/mol. The highest BCUT2D eigenvalue weighted by atomic mass is 16.7. The van der Waals surface area contributed by atoms with Gasteiger partial charge in [0, 0.05) is 23.3 Å². The van der Waals surface area contributed by atoms with Gasteiger partial charge in [-0.2, -0.15) is 0 Å². The number of para-hydroxylation sites is 3. The highest BCUT2D eigenvalue weighted by Crippen LogP contribution is 2.47. The van der Waals surface area contributed by atoms with Gasteiger partial charge in [0.05, 0.1) is 17.4 Å². The molecule has 0 saturated carbocycles. The van der Waals surface area contributed by atoms with E-state index in [9.17, 15) is 4.79 Å². The van der Waals surface area contributed by atoms with Crippen molar-refractivity contribution in [3.63, 3.8) is 0 Å².